The van der Waals surface area contributed by atoms with Gasteiger partial charge in [-0.05, 0) is 59.2 Å². The maximum absolute atomic E-state index is 12.6. The van der Waals surface area contributed by atoms with Crippen molar-refractivity contribution in [1.82, 2.24) is 5.32 Å². The molecule has 0 spiro atoms. The molecule has 0 fully saturated rings. The van der Waals surface area contributed by atoms with E-state index in [1.54, 1.807) is 41.5 Å². The number of esters is 1. The monoisotopic (exact) mass is 415 g/mol. The van der Waals surface area contributed by atoms with E-state index in [2.05, 4.69) is 5.32 Å². The van der Waals surface area contributed by atoms with Crippen molar-refractivity contribution in [3.8, 4) is 0 Å². The summed E-state index contributed by atoms with van der Waals surface area (Å²) in [6.07, 6.45) is -1.31. The van der Waals surface area contributed by atoms with Gasteiger partial charge in [0.25, 0.3) is 0 Å². The van der Waals surface area contributed by atoms with Crippen molar-refractivity contribution in [2.75, 3.05) is 6.26 Å². The summed E-state index contributed by atoms with van der Waals surface area (Å²) in [5.41, 5.74) is -1.41. The first-order valence-electron chi connectivity index (χ1n) is 8.70. The van der Waals surface area contributed by atoms with Crippen molar-refractivity contribution in [2.45, 2.75) is 69.8 Å². The lowest BCUT2D eigenvalue weighted by Crippen LogP contribution is -2.49. The average Bonchev–Trinajstić information content (AvgIpc) is 2.47. The van der Waals surface area contributed by atoms with Gasteiger partial charge < -0.3 is 19.9 Å². The van der Waals surface area contributed by atoms with Crippen LogP contribution in [0.1, 0.15) is 53.2 Å². The molecule has 0 aliphatic rings. The molecule has 0 aromatic heterocycles. The topological polar surface area (TPSA) is 119 Å². The van der Waals surface area contributed by atoms with Crippen LogP contribution in [-0.2, 0) is 24.1 Å². The number of carbonyl (C=O) groups excluding carboxylic acids is 2. The maximum atomic E-state index is 12.6. The van der Waals surface area contributed by atoms with Crippen LogP contribution in [0, 0.1) is 0 Å². The van der Waals surface area contributed by atoms with E-state index >= 15 is 0 Å². The quantitative estimate of drug-likeness (QED) is 0.709. The lowest BCUT2D eigenvalue weighted by molar-refractivity contribution is -0.160. The Bertz CT molecular complexity index is 802. The van der Waals surface area contributed by atoms with Crippen LogP contribution in [0.25, 0.3) is 0 Å². The number of carbonyl (C=O) groups is 2. The number of sulfone groups is 1. The highest BCUT2D eigenvalue weighted by molar-refractivity contribution is 7.90. The van der Waals surface area contributed by atoms with E-state index in [4.69, 9.17) is 9.47 Å². The van der Waals surface area contributed by atoms with Gasteiger partial charge in [0.1, 0.15) is 17.3 Å². The fraction of sp³-hybridized carbons (Fsp3) is 0.579. The fourth-order valence-corrected chi connectivity index (χ4v) is 2.80. The van der Waals surface area contributed by atoms with Crippen LogP contribution in [-0.4, -0.2) is 49.1 Å². The summed E-state index contributed by atoms with van der Waals surface area (Å²) in [5.74, 6) is -0.849. The van der Waals surface area contributed by atoms with Crippen LogP contribution in [0.15, 0.2) is 29.2 Å². The van der Waals surface area contributed by atoms with E-state index in [0.29, 0.717) is 0 Å². The van der Waals surface area contributed by atoms with Crippen molar-refractivity contribution in [2.24, 2.45) is 0 Å². The van der Waals surface area contributed by atoms with Gasteiger partial charge in [-0.2, -0.15) is 0 Å². The molecule has 1 aromatic rings. The van der Waals surface area contributed by atoms with Crippen molar-refractivity contribution >= 4 is 21.9 Å². The second kappa shape index (κ2) is 8.48. The van der Waals surface area contributed by atoms with Gasteiger partial charge in [-0.3, -0.25) is 0 Å². The molecule has 1 rings (SSSR count). The van der Waals surface area contributed by atoms with Gasteiger partial charge in [-0.1, -0.05) is 12.1 Å². The molecule has 2 N–H and O–H groups in total. The van der Waals surface area contributed by atoms with Crippen molar-refractivity contribution in [1.29, 1.82) is 0 Å². The molecule has 1 aromatic carbocycles. The molecule has 9 heteroatoms. The van der Waals surface area contributed by atoms with Crippen LogP contribution < -0.4 is 5.32 Å². The van der Waals surface area contributed by atoms with Crippen LogP contribution in [0.5, 0.6) is 0 Å². The third-order valence-electron chi connectivity index (χ3n) is 3.30. The van der Waals surface area contributed by atoms with Crippen molar-refractivity contribution in [3.05, 3.63) is 29.8 Å². The number of rotatable bonds is 5. The van der Waals surface area contributed by atoms with E-state index in [-0.39, 0.29) is 10.5 Å². The third-order valence-corrected chi connectivity index (χ3v) is 4.43. The molecule has 0 aliphatic heterocycles. The smallest absolute Gasteiger partial charge is 0.408 e. The molecule has 0 heterocycles. The molecule has 28 heavy (non-hydrogen) atoms. The molecule has 0 bridgehead atoms. The first-order valence-corrected chi connectivity index (χ1v) is 10.6. The zero-order valence-corrected chi connectivity index (χ0v) is 18.1. The highest BCUT2D eigenvalue weighted by Gasteiger charge is 2.35. The first kappa shape index (κ1) is 23.9. The van der Waals surface area contributed by atoms with E-state index in [1.807, 2.05) is 0 Å². The Kier molecular flexibility index (Phi) is 7.24. The van der Waals surface area contributed by atoms with Crippen LogP contribution in [0.3, 0.4) is 0 Å². The number of hydrogen-bond acceptors (Lipinski definition) is 7. The minimum atomic E-state index is -3.41. The molecular weight excluding hydrogens is 386 g/mol. The highest BCUT2D eigenvalue weighted by Crippen LogP contribution is 2.22. The Morgan fingerprint density at radius 1 is 0.964 bits per heavy atom. The Morgan fingerprint density at radius 3 is 1.82 bits per heavy atom. The SMILES string of the molecule is CC(C)(C)OC(=O)NC(C(=O)OC(C)(C)C)C(O)c1ccc(S(C)(=O)=O)cc1. The van der Waals surface area contributed by atoms with Gasteiger partial charge >= 0.3 is 12.1 Å². The molecule has 0 saturated carbocycles. The fourth-order valence-electron chi connectivity index (χ4n) is 2.17. The summed E-state index contributed by atoms with van der Waals surface area (Å²) < 4.78 is 33.6. The third kappa shape index (κ3) is 7.85. The molecule has 8 nitrogen and oxygen atoms in total. The van der Waals surface area contributed by atoms with Gasteiger partial charge in [0.2, 0.25) is 0 Å². The number of alkyl carbamates (subject to hydrolysis) is 1. The Labute approximate surface area is 166 Å². The average molecular weight is 416 g/mol. The number of amides is 1. The molecule has 1 amide bonds. The first-order chi connectivity index (χ1) is 12.5. The van der Waals surface area contributed by atoms with E-state index in [0.717, 1.165) is 6.26 Å². The zero-order chi connectivity index (χ0) is 21.9. The minimum absolute atomic E-state index is 0.0670. The summed E-state index contributed by atoms with van der Waals surface area (Å²) in [4.78, 5) is 24.7. The standard InChI is InChI=1S/C19H29NO7S/c1-18(2,3)26-16(22)14(20-17(23)27-19(4,5)6)15(21)12-8-10-13(11-9-12)28(7,24)25/h8-11,14-15,21H,1-7H3,(H,20,23). The van der Waals surface area contributed by atoms with E-state index < -0.39 is 45.2 Å². The summed E-state index contributed by atoms with van der Waals surface area (Å²) >= 11 is 0. The van der Waals surface area contributed by atoms with Crippen LogP contribution in [0.4, 0.5) is 4.79 Å². The number of aliphatic hydroxyl groups is 1. The predicted octanol–water partition coefficient (Wildman–Crippen LogP) is 2.36. The number of ether oxygens (including phenoxy) is 2. The summed E-state index contributed by atoms with van der Waals surface area (Å²) in [6, 6.07) is 3.92. The maximum Gasteiger partial charge on any atom is 0.408 e. The van der Waals surface area contributed by atoms with Crippen LogP contribution >= 0.6 is 0 Å². The van der Waals surface area contributed by atoms with Crippen molar-refractivity contribution in [3.63, 3.8) is 0 Å². The van der Waals surface area contributed by atoms with E-state index in [9.17, 15) is 23.1 Å². The summed E-state index contributed by atoms with van der Waals surface area (Å²) in [7, 11) is -3.41. The predicted molar refractivity (Wildman–Crippen MR) is 104 cm³/mol. The minimum Gasteiger partial charge on any atom is -0.458 e. The van der Waals surface area contributed by atoms with Crippen LogP contribution in [0.2, 0.25) is 0 Å². The normalized spacial score (nSPS) is 14.7. The Hall–Kier alpha value is -2.13. The largest absolute Gasteiger partial charge is 0.458 e. The molecule has 2 atom stereocenters. The number of nitrogens with one attached hydrogen (secondary N) is 1. The van der Waals surface area contributed by atoms with Gasteiger partial charge in [0, 0.05) is 6.26 Å². The molecule has 0 saturated heterocycles. The molecular formula is C19H29NO7S. The second-order valence-corrected chi connectivity index (χ2v) is 10.5. The molecule has 2 unspecified atom stereocenters. The number of aliphatic hydroxyl groups excluding tert-OH is 1. The lowest BCUT2D eigenvalue weighted by atomic mass is 10.0. The van der Waals surface area contributed by atoms with Gasteiger partial charge in [-0.25, -0.2) is 18.0 Å². The van der Waals surface area contributed by atoms with Gasteiger partial charge in [0.15, 0.2) is 15.9 Å². The van der Waals surface area contributed by atoms with Crippen molar-refractivity contribution < 1.29 is 32.6 Å². The number of hydrogen-bond donors (Lipinski definition) is 2. The van der Waals surface area contributed by atoms with Gasteiger partial charge in [0.05, 0.1) is 4.90 Å². The molecule has 0 aliphatic carbocycles. The highest BCUT2D eigenvalue weighted by atomic mass is 32.2. The molecule has 158 valence electrons. The summed E-state index contributed by atoms with van der Waals surface area (Å²) in [6.45, 7) is 9.95. The lowest BCUT2D eigenvalue weighted by Gasteiger charge is -2.28. The number of benzene rings is 1. The van der Waals surface area contributed by atoms with Gasteiger partial charge in [-0.15, -0.1) is 0 Å². The summed E-state index contributed by atoms with van der Waals surface area (Å²) in [5, 5.41) is 13.0. The molecule has 0 radical (unpaired) electrons. The zero-order valence-electron chi connectivity index (χ0n) is 17.3. The Balaban J connectivity index is 3.15. The second-order valence-electron chi connectivity index (χ2n) is 8.44. The van der Waals surface area contributed by atoms with E-state index in [1.165, 1.54) is 24.3 Å². The Morgan fingerprint density at radius 2 is 1.43 bits per heavy atom.